The molecule has 31 heavy (non-hydrogen) atoms. The number of aryl methyl sites for hydroxylation is 1. The topological polar surface area (TPSA) is 84.1 Å². The Kier molecular flexibility index (Phi) is 5.36. The zero-order chi connectivity index (χ0) is 22.2. The molecule has 0 amide bonds. The van der Waals surface area contributed by atoms with Gasteiger partial charge in [0.15, 0.2) is 11.6 Å². The predicted molar refractivity (Wildman–Crippen MR) is 116 cm³/mol. The average Bonchev–Trinajstić information content (AvgIpc) is 3.18. The van der Waals surface area contributed by atoms with Crippen LogP contribution in [0.4, 0.5) is 14.5 Å². The van der Waals surface area contributed by atoms with Crippen LogP contribution in [-0.4, -0.2) is 24.1 Å². The van der Waals surface area contributed by atoms with E-state index in [-0.39, 0.29) is 17.3 Å². The minimum Gasteiger partial charge on any atom is -0.454 e. The predicted octanol–water partition coefficient (Wildman–Crippen LogP) is 5.37. The quantitative estimate of drug-likeness (QED) is 0.420. The van der Waals surface area contributed by atoms with E-state index in [1.54, 1.807) is 18.3 Å². The minimum absolute atomic E-state index is 0.0855. The van der Waals surface area contributed by atoms with Crippen molar-refractivity contribution in [2.45, 2.75) is 13.8 Å². The number of anilines is 1. The Bertz CT molecular complexity index is 1380. The Balaban J connectivity index is 1.89. The molecule has 0 radical (unpaired) electrons. The van der Waals surface area contributed by atoms with Gasteiger partial charge in [0.1, 0.15) is 17.2 Å². The maximum Gasteiger partial charge on any atom is 0.232 e. The monoisotopic (exact) mass is 443 g/mol. The first kappa shape index (κ1) is 20.8. The largest absolute Gasteiger partial charge is 0.454 e. The van der Waals surface area contributed by atoms with E-state index in [4.69, 9.17) is 4.74 Å². The SMILES string of the molecule is CCS(=O)(=O)Nc1ccc(Oc2ccc(F)cc2F)c(-c2cc(C)nc3[nH]ccc23)c1. The third kappa shape index (κ3) is 4.36. The van der Waals surface area contributed by atoms with Gasteiger partial charge in [-0.3, -0.25) is 4.72 Å². The van der Waals surface area contributed by atoms with Crippen LogP contribution < -0.4 is 9.46 Å². The Morgan fingerprint density at radius 3 is 2.55 bits per heavy atom. The van der Waals surface area contributed by atoms with E-state index < -0.39 is 21.7 Å². The molecule has 0 bridgehead atoms. The van der Waals surface area contributed by atoms with Crippen LogP contribution in [0.1, 0.15) is 12.6 Å². The molecule has 0 saturated heterocycles. The van der Waals surface area contributed by atoms with E-state index in [1.165, 1.54) is 19.1 Å². The second-order valence-corrected chi connectivity index (χ2v) is 8.96. The lowest BCUT2D eigenvalue weighted by atomic mass is 10.0. The number of hydrogen-bond donors (Lipinski definition) is 2. The molecular formula is C22H19F2N3O3S. The summed E-state index contributed by atoms with van der Waals surface area (Å²) >= 11 is 0. The van der Waals surface area contributed by atoms with Gasteiger partial charge in [-0.2, -0.15) is 0 Å². The third-order valence-electron chi connectivity index (χ3n) is 4.69. The van der Waals surface area contributed by atoms with Gasteiger partial charge in [0.2, 0.25) is 10.0 Å². The Morgan fingerprint density at radius 2 is 1.81 bits per heavy atom. The summed E-state index contributed by atoms with van der Waals surface area (Å²) in [5, 5.41) is 0.783. The summed E-state index contributed by atoms with van der Waals surface area (Å²) in [6, 6.07) is 11.4. The fraction of sp³-hybridized carbons (Fsp3) is 0.136. The second kappa shape index (κ2) is 7.99. The van der Waals surface area contributed by atoms with E-state index in [9.17, 15) is 17.2 Å². The van der Waals surface area contributed by atoms with Gasteiger partial charge in [0.25, 0.3) is 0 Å². The van der Waals surface area contributed by atoms with Gasteiger partial charge in [-0.1, -0.05) is 0 Å². The van der Waals surface area contributed by atoms with Gasteiger partial charge in [-0.15, -0.1) is 0 Å². The summed E-state index contributed by atoms with van der Waals surface area (Å²) in [4.78, 5) is 7.50. The number of rotatable bonds is 6. The van der Waals surface area contributed by atoms with Crippen LogP contribution in [0, 0.1) is 18.6 Å². The molecule has 4 rings (SSSR count). The summed E-state index contributed by atoms with van der Waals surface area (Å²) in [6.07, 6.45) is 1.74. The summed E-state index contributed by atoms with van der Waals surface area (Å²) in [5.41, 5.74) is 2.95. The van der Waals surface area contributed by atoms with Gasteiger partial charge in [0, 0.05) is 34.6 Å². The first-order chi connectivity index (χ1) is 14.8. The number of hydrogen-bond acceptors (Lipinski definition) is 4. The fourth-order valence-electron chi connectivity index (χ4n) is 3.21. The van der Waals surface area contributed by atoms with Crippen molar-refractivity contribution in [1.82, 2.24) is 9.97 Å². The Labute approximate surface area is 178 Å². The number of pyridine rings is 1. The van der Waals surface area contributed by atoms with E-state index in [0.29, 0.717) is 16.9 Å². The lowest BCUT2D eigenvalue weighted by Gasteiger charge is -2.16. The molecule has 9 heteroatoms. The molecule has 160 valence electrons. The highest BCUT2D eigenvalue weighted by molar-refractivity contribution is 7.92. The molecule has 0 atom stereocenters. The first-order valence-electron chi connectivity index (χ1n) is 9.48. The zero-order valence-corrected chi connectivity index (χ0v) is 17.6. The number of fused-ring (bicyclic) bond motifs is 1. The van der Waals surface area contributed by atoms with Gasteiger partial charge in [0.05, 0.1) is 5.75 Å². The summed E-state index contributed by atoms with van der Waals surface area (Å²) in [6.45, 7) is 3.36. The van der Waals surface area contributed by atoms with Gasteiger partial charge in [-0.25, -0.2) is 22.2 Å². The number of nitrogens with one attached hydrogen (secondary N) is 2. The molecule has 0 aliphatic heterocycles. The van der Waals surface area contributed by atoms with Crippen molar-refractivity contribution >= 4 is 26.7 Å². The van der Waals surface area contributed by atoms with Gasteiger partial charge >= 0.3 is 0 Å². The third-order valence-corrected chi connectivity index (χ3v) is 6.00. The molecule has 0 aliphatic carbocycles. The molecule has 0 unspecified atom stereocenters. The van der Waals surface area contributed by atoms with E-state index in [2.05, 4.69) is 14.7 Å². The lowest BCUT2D eigenvalue weighted by molar-refractivity contribution is 0.439. The number of halogens is 2. The van der Waals surface area contributed by atoms with Crippen LogP contribution in [-0.2, 0) is 10.0 Å². The number of aromatic nitrogens is 2. The molecule has 2 aromatic heterocycles. The van der Waals surface area contributed by atoms with E-state index in [0.717, 1.165) is 28.8 Å². The molecule has 4 aromatic rings. The highest BCUT2D eigenvalue weighted by atomic mass is 32.2. The number of H-pyrrole nitrogens is 1. The van der Waals surface area contributed by atoms with Crippen LogP contribution in [0.2, 0.25) is 0 Å². The molecule has 2 N–H and O–H groups in total. The molecule has 0 spiro atoms. The molecule has 2 aromatic carbocycles. The van der Waals surface area contributed by atoms with Crippen LogP contribution in [0.5, 0.6) is 11.5 Å². The van der Waals surface area contributed by atoms with Crippen LogP contribution >= 0.6 is 0 Å². The normalized spacial score (nSPS) is 11.6. The van der Waals surface area contributed by atoms with Crippen LogP contribution in [0.15, 0.2) is 54.7 Å². The second-order valence-electron chi connectivity index (χ2n) is 6.94. The Morgan fingerprint density at radius 1 is 1.03 bits per heavy atom. The highest BCUT2D eigenvalue weighted by Gasteiger charge is 2.17. The molecule has 0 aliphatic rings. The number of nitrogens with zero attached hydrogens (tertiary/aromatic N) is 1. The fourth-order valence-corrected chi connectivity index (χ4v) is 3.84. The number of ether oxygens (including phenoxy) is 1. The summed E-state index contributed by atoms with van der Waals surface area (Å²) < 4.78 is 59.9. The van der Waals surface area contributed by atoms with E-state index >= 15 is 0 Å². The van der Waals surface area contributed by atoms with Crippen LogP contribution in [0.3, 0.4) is 0 Å². The molecule has 6 nitrogen and oxygen atoms in total. The average molecular weight is 443 g/mol. The van der Waals surface area contributed by atoms with Crippen molar-refractivity contribution in [2.24, 2.45) is 0 Å². The molecular weight excluding hydrogens is 424 g/mol. The van der Waals surface area contributed by atoms with Gasteiger partial charge < -0.3 is 9.72 Å². The smallest absolute Gasteiger partial charge is 0.232 e. The van der Waals surface area contributed by atoms with Crippen molar-refractivity contribution in [2.75, 3.05) is 10.5 Å². The maximum absolute atomic E-state index is 14.2. The highest BCUT2D eigenvalue weighted by Crippen LogP contribution is 2.39. The summed E-state index contributed by atoms with van der Waals surface area (Å²) in [7, 11) is -3.51. The standard InChI is InChI=1S/C22H19F2N3O3S/c1-3-31(28,29)27-15-5-7-20(30-21-6-4-14(23)11-19(21)24)18(12-15)17-10-13(2)26-22-16(17)8-9-25-22/h4-12,27H,3H2,1-2H3,(H,25,26). The van der Waals surface area contributed by atoms with E-state index in [1.807, 2.05) is 19.1 Å². The molecule has 0 saturated carbocycles. The van der Waals surface area contributed by atoms with Crippen molar-refractivity contribution < 1.29 is 21.9 Å². The van der Waals surface area contributed by atoms with Crippen molar-refractivity contribution in [3.05, 3.63) is 72.1 Å². The van der Waals surface area contributed by atoms with Crippen molar-refractivity contribution in [3.63, 3.8) is 0 Å². The van der Waals surface area contributed by atoms with Crippen LogP contribution in [0.25, 0.3) is 22.2 Å². The minimum atomic E-state index is -3.51. The van der Waals surface area contributed by atoms with Crippen molar-refractivity contribution in [1.29, 1.82) is 0 Å². The zero-order valence-electron chi connectivity index (χ0n) is 16.7. The maximum atomic E-state index is 14.2. The first-order valence-corrected chi connectivity index (χ1v) is 11.1. The number of benzene rings is 2. The summed E-state index contributed by atoms with van der Waals surface area (Å²) in [5.74, 6) is -1.52. The molecule has 0 fully saturated rings. The molecule has 2 heterocycles. The Hall–Kier alpha value is -3.46. The lowest BCUT2D eigenvalue weighted by Crippen LogP contribution is -2.14. The van der Waals surface area contributed by atoms with Crippen molar-refractivity contribution in [3.8, 4) is 22.6 Å². The van der Waals surface area contributed by atoms with Gasteiger partial charge in [-0.05, 0) is 61.9 Å². The number of aromatic amines is 1. The number of sulfonamides is 1.